The normalized spacial score (nSPS) is 12.6. The van der Waals surface area contributed by atoms with Crippen molar-refractivity contribution in [2.45, 2.75) is 348 Å². The Morgan fingerprint density at radius 2 is 0.494 bits per heavy atom. The number of esters is 3. The molecule has 0 N–H and O–H groups in total. The SMILES string of the molecule is CC/C=C\C/C=C\C/C=C\C/C=C\C/C=C\C/C=C\CCCCCCCCC(=O)OCC(COC(=O)CCCCCCC/C=C\CCCCCCC)OC(=O)CCCCCCCCCCCCCCCCCCCCCCCC. The first-order chi connectivity index (χ1) is 39.0. The molecule has 0 aliphatic rings. The van der Waals surface area contributed by atoms with Crippen LogP contribution in [-0.2, 0) is 28.6 Å². The second-order valence-electron chi connectivity index (χ2n) is 22.7. The van der Waals surface area contributed by atoms with Gasteiger partial charge < -0.3 is 14.2 Å². The van der Waals surface area contributed by atoms with Gasteiger partial charge in [-0.1, -0.05) is 311 Å². The molecular formula is C73H128O6. The molecule has 0 radical (unpaired) electrons. The lowest BCUT2D eigenvalue weighted by Gasteiger charge is -2.18. The van der Waals surface area contributed by atoms with Crippen LogP contribution in [0.3, 0.4) is 0 Å². The number of hydrogen-bond donors (Lipinski definition) is 0. The van der Waals surface area contributed by atoms with Gasteiger partial charge in [0.05, 0.1) is 0 Å². The topological polar surface area (TPSA) is 78.9 Å². The van der Waals surface area contributed by atoms with Gasteiger partial charge in [0.2, 0.25) is 0 Å². The number of carbonyl (C=O) groups excluding carboxylic acids is 3. The van der Waals surface area contributed by atoms with E-state index in [4.69, 9.17) is 14.2 Å². The van der Waals surface area contributed by atoms with Crippen LogP contribution in [0.2, 0.25) is 0 Å². The third kappa shape index (κ3) is 65.3. The molecule has 0 heterocycles. The minimum Gasteiger partial charge on any atom is -0.462 e. The highest BCUT2D eigenvalue weighted by Gasteiger charge is 2.19. The fourth-order valence-corrected chi connectivity index (χ4v) is 9.80. The highest BCUT2D eigenvalue weighted by Crippen LogP contribution is 2.17. The summed E-state index contributed by atoms with van der Waals surface area (Å²) in [6.07, 6.45) is 88.8. The van der Waals surface area contributed by atoms with Crippen LogP contribution in [0.15, 0.2) is 85.1 Å². The van der Waals surface area contributed by atoms with Crippen molar-refractivity contribution in [2.75, 3.05) is 13.2 Å². The minimum atomic E-state index is -0.786. The summed E-state index contributed by atoms with van der Waals surface area (Å²) in [4.78, 5) is 38.4. The molecule has 0 aromatic heterocycles. The summed E-state index contributed by atoms with van der Waals surface area (Å²) in [7, 11) is 0. The molecule has 0 amide bonds. The maximum Gasteiger partial charge on any atom is 0.306 e. The quantitative estimate of drug-likeness (QED) is 0.0261. The fraction of sp³-hybridized carbons (Fsp3) is 0.767. The van der Waals surface area contributed by atoms with Crippen LogP contribution in [0.4, 0.5) is 0 Å². The van der Waals surface area contributed by atoms with Crippen molar-refractivity contribution in [1.82, 2.24) is 0 Å². The van der Waals surface area contributed by atoms with E-state index in [1.807, 2.05) is 0 Å². The third-order valence-electron chi connectivity index (χ3n) is 14.9. The molecule has 0 spiro atoms. The summed E-state index contributed by atoms with van der Waals surface area (Å²) >= 11 is 0. The van der Waals surface area contributed by atoms with Crippen molar-refractivity contribution < 1.29 is 28.6 Å². The number of hydrogen-bond acceptors (Lipinski definition) is 6. The Bertz CT molecular complexity index is 1500. The number of allylic oxidation sites excluding steroid dienone is 14. The number of rotatable bonds is 62. The zero-order valence-corrected chi connectivity index (χ0v) is 52.4. The summed E-state index contributed by atoms with van der Waals surface area (Å²) in [5, 5.41) is 0. The average Bonchev–Trinajstić information content (AvgIpc) is 3.45. The predicted molar refractivity (Wildman–Crippen MR) is 344 cm³/mol. The van der Waals surface area contributed by atoms with Gasteiger partial charge in [0.25, 0.3) is 0 Å². The van der Waals surface area contributed by atoms with E-state index in [2.05, 4.69) is 106 Å². The Balaban J connectivity index is 4.35. The lowest BCUT2D eigenvalue weighted by atomic mass is 10.0. The molecule has 0 fully saturated rings. The van der Waals surface area contributed by atoms with Gasteiger partial charge in [0, 0.05) is 19.3 Å². The zero-order chi connectivity index (χ0) is 57.1. The van der Waals surface area contributed by atoms with Crippen molar-refractivity contribution >= 4 is 17.9 Å². The Labute approximate surface area is 490 Å². The van der Waals surface area contributed by atoms with E-state index in [1.54, 1.807) is 0 Å². The fourth-order valence-electron chi connectivity index (χ4n) is 9.80. The molecule has 6 nitrogen and oxygen atoms in total. The molecule has 0 aliphatic heterocycles. The van der Waals surface area contributed by atoms with Crippen molar-refractivity contribution in [3.8, 4) is 0 Å². The van der Waals surface area contributed by atoms with Crippen molar-refractivity contribution in [3.05, 3.63) is 85.1 Å². The van der Waals surface area contributed by atoms with Gasteiger partial charge >= 0.3 is 17.9 Å². The Hall–Kier alpha value is -3.41. The van der Waals surface area contributed by atoms with Crippen LogP contribution in [0.5, 0.6) is 0 Å². The minimum absolute atomic E-state index is 0.0826. The average molecular weight is 1100 g/mol. The standard InChI is InChI=1S/C73H128O6/c1-4-7-10-13-16-19-22-25-28-30-32-34-36-37-38-40-41-43-45-48-51-54-57-60-63-66-72(75)78-69-70(68-77-71(74)65-62-59-56-53-50-47-27-24-21-18-15-12-9-6-3)79-73(76)67-64-61-58-55-52-49-46-44-42-39-35-33-31-29-26-23-20-17-14-11-8-5-2/h7,10,16,19,24-25,27-28,32,34,37-38,41,43,70H,4-6,8-9,11-15,17-18,20-23,26,29-31,33,35-36,39-40,42,44-69H2,1-3H3/b10-7-,19-16-,27-24-,28-25-,34-32-,38-37-,43-41-. The first-order valence-electron chi connectivity index (χ1n) is 34.1. The summed E-state index contributed by atoms with van der Waals surface area (Å²) in [6.45, 7) is 6.55. The molecule has 0 rings (SSSR count). The Morgan fingerprint density at radius 1 is 0.266 bits per heavy atom. The van der Waals surface area contributed by atoms with Gasteiger partial charge in [0.15, 0.2) is 6.10 Å². The van der Waals surface area contributed by atoms with E-state index >= 15 is 0 Å². The highest BCUT2D eigenvalue weighted by molar-refractivity contribution is 5.71. The van der Waals surface area contributed by atoms with Crippen LogP contribution in [0, 0.1) is 0 Å². The van der Waals surface area contributed by atoms with Crippen LogP contribution in [0.25, 0.3) is 0 Å². The van der Waals surface area contributed by atoms with Gasteiger partial charge in [-0.05, 0) is 96.3 Å². The highest BCUT2D eigenvalue weighted by atomic mass is 16.6. The molecule has 6 heteroatoms. The van der Waals surface area contributed by atoms with Crippen LogP contribution in [-0.4, -0.2) is 37.2 Å². The maximum atomic E-state index is 12.9. The lowest BCUT2D eigenvalue weighted by molar-refractivity contribution is -0.167. The monoisotopic (exact) mass is 1100 g/mol. The molecule has 79 heavy (non-hydrogen) atoms. The first-order valence-corrected chi connectivity index (χ1v) is 34.1. The first kappa shape index (κ1) is 75.6. The molecular weight excluding hydrogens is 973 g/mol. The smallest absolute Gasteiger partial charge is 0.306 e. The summed E-state index contributed by atoms with van der Waals surface area (Å²) in [5.74, 6) is -0.887. The van der Waals surface area contributed by atoms with Gasteiger partial charge in [0.1, 0.15) is 13.2 Å². The van der Waals surface area contributed by atoms with Crippen LogP contribution in [0.1, 0.15) is 342 Å². The van der Waals surface area contributed by atoms with E-state index < -0.39 is 6.10 Å². The second kappa shape index (κ2) is 67.1. The molecule has 0 bridgehead atoms. The number of ether oxygens (including phenoxy) is 3. The lowest BCUT2D eigenvalue weighted by Crippen LogP contribution is -2.30. The number of unbranched alkanes of at least 4 members (excludes halogenated alkanes) is 37. The molecule has 1 atom stereocenters. The predicted octanol–water partition coefficient (Wildman–Crippen LogP) is 23.4. The van der Waals surface area contributed by atoms with Gasteiger partial charge in [-0.15, -0.1) is 0 Å². The number of carbonyl (C=O) groups is 3. The third-order valence-corrected chi connectivity index (χ3v) is 14.9. The molecule has 1 unspecified atom stereocenters. The molecule has 0 aromatic carbocycles. The summed E-state index contributed by atoms with van der Waals surface area (Å²) in [6, 6.07) is 0. The molecule has 0 saturated heterocycles. The van der Waals surface area contributed by atoms with Crippen LogP contribution < -0.4 is 0 Å². The maximum absolute atomic E-state index is 12.9. The van der Waals surface area contributed by atoms with E-state index in [-0.39, 0.29) is 31.1 Å². The Kier molecular flexibility index (Phi) is 64.2. The summed E-state index contributed by atoms with van der Waals surface area (Å²) < 4.78 is 17.0. The van der Waals surface area contributed by atoms with E-state index in [0.29, 0.717) is 19.3 Å². The van der Waals surface area contributed by atoms with Crippen molar-refractivity contribution in [3.63, 3.8) is 0 Å². The molecule has 456 valence electrons. The molecule has 0 aliphatic carbocycles. The summed E-state index contributed by atoms with van der Waals surface area (Å²) in [5.41, 5.74) is 0. The van der Waals surface area contributed by atoms with Crippen LogP contribution >= 0.6 is 0 Å². The van der Waals surface area contributed by atoms with E-state index in [9.17, 15) is 14.4 Å². The van der Waals surface area contributed by atoms with Crippen molar-refractivity contribution in [2.24, 2.45) is 0 Å². The van der Waals surface area contributed by atoms with Gasteiger partial charge in [-0.25, -0.2) is 0 Å². The largest absolute Gasteiger partial charge is 0.462 e. The van der Waals surface area contributed by atoms with Gasteiger partial charge in [-0.2, -0.15) is 0 Å². The Morgan fingerprint density at radius 3 is 0.785 bits per heavy atom. The van der Waals surface area contributed by atoms with E-state index in [0.717, 1.165) is 116 Å². The van der Waals surface area contributed by atoms with Gasteiger partial charge in [-0.3, -0.25) is 14.4 Å². The van der Waals surface area contributed by atoms with E-state index in [1.165, 1.54) is 186 Å². The molecule has 0 saturated carbocycles. The zero-order valence-electron chi connectivity index (χ0n) is 52.4. The molecule has 0 aromatic rings. The van der Waals surface area contributed by atoms with Crippen molar-refractivity contribution in [1.29, 1.82) is 0 Å². The second-order valence-corrected chi connectivity index (χ2v) is 22.7.